The van der Waals surface area contributed by atoms with Gasteiger partial charge in [-0.2, -0.15) is 0 Å². The molecule has 0 spiro atoms. The molecule has 0 aromatic rings. The van der Waals surface area contributed by atoms with Crippen molar-refractivity contribution in [3.63, 3.8) is 0 Å². The van der Waals surface area contributed by atoms with E-state index >= 15 is 0 Å². The summed E-state index contributed by atoms with van der Waals surface area (Å²) < 4.78 is 0. The molecule has 0 aliphatic heterocycles. The Morgan fingerprint density at radius 1 is 0.800 bits per heavy atom. The van der Waals surface area contributed by atoms with Crippen LogP contribution in [0.1, 0.15) is 40.5 Å². The lowest BCUT2D eigenvalue weighted by atomic mass is 10.3. The molecule has 0 radical (unpaired) electrons. The van der Waals surface area contributed by atoms with Crippen LogP contribution in [0.2, 0.25) is 0 Å². The lowest BCUT2D eigenvalue weighted by Gasteiger charge is -2.17. The van der Waals surface area contributed by atoms with Gasteiger partial charge in [0.2, 0.25) is 11.8 Å². The Labute approximate surface area is 120 Å². The number of nitrogens with one attached hydrogen (secondary N) is 4. The van der Waals surface area contributed by atoms with E-state index in [4.69, 9.17) is 0 Å². The van der Waals surface area contributed by atoms with E-state index in [0.29, 0.717) is 13.1 Å². The van der Waals surface area contributed by atoms with E-state index in [9.17, 15) is 14.4 Å². The van der Waals surface area contributed by atoms with Gasteiger partial charge in [-0.1, -0.05) is 13.8 Å². The second-order valence-corrected chi connectivity index (χ2v) is 4.64. The van der Waals surface area contributed by atoms with Crippen LogP contribution in [-0.4, -0.2) is 43.0 Å². The van der Waals surface area contributed by atoms with Gasteiger partial charge in [0.1, 0.15) is 12.1 Å². The first-order valence-corrected chi connectivity index (χ1v) is 7.04. The van der Waals surface area contributed by atoms with Crippen LogP contribution < -0.4 is 21.3 Å². The van der Waals surface area contributed by atoms with Crippen LogP contribution in [-0.2, 0) is 9.59 Å². The van der Waals surface area contributed by atoms with Gasteiger partial charge < -0.3 is 21.3 Å². The Morgan fingerprint density at radius 2 is 1.15 bits per heavy atom. The van der Waals surface area contributed by atoms with Gasteiger partial charge in [0.25, 0.3) is 0 Å². The smallest absolute Gasteiger partial charge is 0.316 e. The van der Waals surface area contributed by atoms with Crippen molar-refractivity contribution in [2.75, 3.05) is 13.1 Å². The molecule has 7 heteroatoms. The summed E-state index contributed by atoms with van der Waals surface area (Å²) in [7, 11) is 0. The Morgan fingerprint density at radius 3 is 1.45 bits per heavy atom. The van der Waals surface area contributed by atoms with E-state index in [1.165, 1.54) is 0 Å². The fraction of sp³-hybridized carbons (Fsp3) is 0.769. The molecule has 2 atom stereocenters. The van der Waals surface area contributed by atoms with Crippen molar-refractivity contribution in [2.45, 2.75) is 52.6 Å². The molecular formula is C13H26N4O3. The SMILES string of the molecule is CCCNC(=O)[C@H](C)NC(=O)N[C@@H](C)C(=O)NCCC. The minimum absolute atomic E-state index is 0.245. The molecule has 7 nitrogen and oxygen atoms in total. The summed E-state index contributed by atoms with van der Waals surface area (Å²) in [6.07, 6.45) is 1.67. The molecule has 0 aliphatic carbocycles. The molecule has 0 saturated carbocycles. The Hall–Kier alpha value is -1.79. The molecule has 0 rings (SSSR count). The highest BCUT2D eigenvalue weighted by molar-refractivity contribution is 5.89. The molecule has 0 saturated heterocycles. The molecule has 116 valence electrons. The molecule has 0 bridgehead atoms. The standard InChI is InChI=1S/C13H26N4O3/c1-5-7-14-11(18)9(3)16-13(20)17-10(4)12(19)15-8-6-2/h9-10H,5-8H2,1-4H3,(H,14,18)(H,15,19)(H2,16,17,20)/t9-,10-/m0/s1. The molecule has 0 aliphatic rings. The van der Waals surface area contributed by atoms with Crippen molar-refractivity contribution in [1.29, 1.82) is 0 Å². The highest BCUT2D eigenvalue weighted by Crippen LogP contribution is 1.87. The predicted molar refractivity (Wildman–Crippen MR) is 77.2 cm³/mol. The number of carbonyl (C=O) groups is 3. The number of rotatable bonds is 8. The highest BCUT2D eigenvalue weighted by atomic mass is 16.2. The van der Waals surface area contributed by atoms with Crippen molar-refractivity contribution in [3.8, 4) is 0 Å². The van der Waals surface area contributed by atoms with Gasteiger partial charge in [-0.25, -0.2) is 4.79 Å². The van der Waals surface area contributed by atoms with Crippen LogP contribution in [0.3, 0.4) is 0 Å². The van der Waals surface area contributed by atoms with Crippen LogP contribution in [0.5, 0.6) is 0 Å². The summed E-state index contributed by atoms with van der Waals surface area (Å²) >= 11 is 0. The molecule has 0 fully saturated rings. The number of hydrogen-bond acceptors (Lipinski definition) is 3. The van der Waals surface area contributed by atoms with E-state index in [1.807, 2.05) is 13.8 Å². The fourth-order valence-electron chi connectivity index (χ4n) is 1.37. The minimum Gasteiger partial charge on any atom is -0.354 e. The van der Waals surface area contributed by atoms with E-state index in [-0.39, 0.29) is 11.8 Å². The summed E-state index contributed by atoms with van der Waals surface area (Å²) in [5.74, 6) is -0.491. The normalized spacial score (nSPS) is 13.0. The number of urea groups is 1. The average Bonchev–Trinajstić information content (AvgIpc) is 2.41. The van der Waals surface area contributed by atoms with Crippen molar-refractivity contribution in [3.05, 3.63) is 0 Å². The molecule has 0 unspecified atom stereocenters. The predicted octanol–water partition coefficient (Wildman–Crippen LogP) is 0.115. The van der Waals surface area contributed by atoms with Crippen LogP contribution in [0, 0.1) is 0 Å². The number of amides is 4. The van der Waals surface area contributed by atoms with Gasteiger partial charge in [-0.05, 0) is 26.7 Å². The Bertz CT molecular complexity index is 304. The van der Waals surface area contributed by atoms with Crippen LogP contribution in [0.4, 0.5) is 4.79 Å². The second kappa shape index (κ2) is 10.1. The number of hydrogen-bond donors (Lipinski definition) is 4. The zero-order valence-corrected chi connectivity index (χ0v) is 12.7. The maximum Gasteiger partial charge on any atom is 0.316 e. The van der Waals surface area contributed by atoms with Crippen molar-refractivity contribution >= 4 is 17.8 Å². The zero-order valence-electron chi connectivity index (χ0n) is 12.7. The van der Waals surface area contributed by atoms with Gasteiger partial charge in [0, 0.05) is 13.1 Å². The van der Waals surface area contributed by atoms with Gasteiger partial charge in [0.05, 0.1) is 0 Å². The monoisotopic (exact) mass is 286 g/mol. The van der Waals surface area contributed by atoms with Crippen LogP contribution in [0.15, 0.2) is 0 Å². The summed E-state index contributed by atoms with van der Waals surface area (Å²) in [5, 5.41) is 10.3. The lowest BCUT2D eigenvalue weighted by molar-refractivity contribution is -0.122. The first-order chi connectivity index (χ1) is 9.42. The first kappa shape index (κ1) is 18.2. The van der Waals surface area contributed by atoms with Gasteiger partial charge in [-0.3, -0.25) is 9.59 Å². The largest absolute Gasteiger partial charge is 0.354 e. The topological polar surface area (TPSA) is 99.3 Å². The summed E-state index contributed by atoms with van der Waals surface area (Å²) in [4.78, 5) is 34.8. The van der Waals surface area contributed by atoms with Crippen LogP contribution >= 0.6 is 0 Å². The summed E-state index contributed by atoms with van der Waals surface area (Å²) in [5.41, 5.74) is 0. The highest BCUT2D eigenvalue weighted by Gasteiger charge is 2.18. The first-order valence-electron chi connectivity index (χ1n) is 7.04. The zero-order chi connectivity index (χ0) is 15.5. The summed E-state index contributed by atoms with van der Waals surface area (Å²) in [6, 6.07) is -1.83. The molecular weight excluding hydrogens is 260 g/mol. The molecule has 0 aromatic heterocycles. The Kier molecular flexibility index (Phi) is 9.15. The molecule has 0 heterocycles. The quantitative estimate of drug-likeness (QED) is 0.510. The maximum atomic E-state index is 11.6. The summed E-state index contributed by atoms with van der Waals surface area (Å²) in [6.45, 7) is 8.22. The van der Waals surface area contributed by atoms with Gasteiger partial charge in [-0.15, -0.1) is 0 Å². The minimum atomic E-state index is -0.646. The van der Waals surface area contributed by atoms with Gasteiger partial charge in [0.15, 0.2) is 0 Å². The molecule has 4 N–H and O–H groups in total. The second-order valence-electron chi connectivity index (χ2n) is 4.64. The molecule has 0 aromatic carbocycles. The van der Waals surface area contributed by atoms with Crippen molar-refractivity contribution < 1.29 is 14.4 Å². The van der Waals surface area contributed by atoms with Gasteiger partial charge >= 0.3 is 6.03 Å². The number of carbonyl (C=O) groups excluding carboxylic acids is 3. The average molecular weight is 286 g/mol. The fourth-order valence-corrected chi connectivity index (χ4v) is 1.37. The third-order valence-corrected chi connectivity index (χ3v) is 2.58. The third kappa shape index (κ3) is 7.60. The van der Waals surface area contributed by atoms with Crippen molar-refractivity contribution in [2.24, 2.45) is 0 Å². The molecule has 4 amide bonds. The van der Waals surface area contributed by atoms with E-state index < -0.39 is 18.1 Å². The maximum absolute atomic E-state index is 11.6. The molecule has 20 heavy (non-hydrogen) atoms. The van der Waals surface area contributed by atoms with Crippen LogP contribution in [0.25, 0.3) is 0 Å². The van der Waals surface area contributed by atoms with E-state index in [0.717, 1.165) is 12.8 Å². The Balaban J connectivity index is 4.08. The van der Waals surface area contributed by atoms with E-state index in [1.54, 1.807) is 13.8 Å². The van der Waals surface area contributed by atoms with E-state index in [2.05, 4.69) is 21.3 Å². The lowest BCUT2D eigenvalue weighted by Crippen LogP contribution is -2.53. The third-order valence-electron chi connectivity index (χ3n) is 2.58. The van der Waals surface area contributed by atoms with Crippen molar-refractivity contribution in [1.82, 2.24) is 21.3 Å².